The highest BCUT2D eigenvalue weighted by atomic mass is 35.5. The SMILES string of the molecule is O=C(NC1CCCCC1)[C@H](C1CCCCC1)n1c(-c2ccc(Cl)s2)nc2ccccc21. The van der Waals surface area contributed by atoms with Gasteiger partial charge in [-0.25, -0.2) is 4.98 Å². The van der Waals surface area contributed by atoms with Gasteiger partial charge in [0.25, 0.3) is 0 Å². The minimum atomic E-state index is -0.231. The molecule has 6 heteroatoms. The second-order valence-electron chi connectivity index (χ2n) is 9.08. The number of aromatic nitrogens is 2. The molecule has 1 amide bonds. The number of nitrogens with zero attached hydrogens (tertiary/aromatic N) is 2. The van der Waals surface area contributed by atoms with Gasteiger partial charge in [0.2, 0.25) is 5.91 Å². The topological polar surface area (TPSA) is 46.9 Å². The molecule has 1 aromatic carbocycles. The van der Waals surface area contributed by atoms with Gasteiger partial charge in [-0.1, -0.05) is 62.3 Å². The smallest absolute Gasteiger partial charge is 0.243 e. The Bertz CT molecular complexity index is 1050. The van der Waals surface area contributed by atoms with E-state index in [4.69, 9.17) is 16.6 Å². The average Bonchev–Trinajstić information content (AvgIpc) is 3.39. The lowest BCUT2D eigenvalue weighted by Gasteiger charge is -2.33. The van der Waals surface area contributed by atoms with Crippen LogP contribution in [-0.4, -0.2) is 21.5 Å². The van der Waals surface area contributed by atoms with Gasteiger partial charge in [-0.2, -0.15) is 0 Å². The fourth-order valence-electron chi connectivity index (χ4n) is 5.46. The van der Waals surface area contributed by atoms with Gasteiger partial charge >= 0.3 is 0 Å². The van der Waals surface area contributed by atoms with Gasteiger partial charge in [0.15, 0.2) is 5.82 Å². The molecule has 0 spiro atoms. The number of carbonyl (C=O) groups is 1. The first-order valence-corrected chi connectivity index (χ1v) is 12.9. The summed E-state index contributed by atoms with van der Waals surface area (Å²) in [7, 11) is 0. The average molecular weight is 456 g/mol. The number of nitrogens with one attached hydrogen (secondary N) is 1. The lowest BCUT2D eigenvalue weighted by molar-refractivity contribution is -0.127. The van der Waals surface area contributed by atoms with Crippen molar-refractivity contribution in [2.45, 2.75) is 76.3 Å². The van der Waals surface area contributed by atoms with Gasteiger partial charge in [0.05, 0.1) is 20.2 Å². The van der Waals surface area contributed by atoms with E-state index in [1.807, 2.05) is 30.3 Å². The van der Waals surface area contributed by atoms with E-state index in [-0.39, 0.29) is 11.9 Å². The summed E-state index contributed by atoms with van der Waals surface area (Å²) in [6, 6.07) is 12.2. The van der Waals surface area contributed by atoms with Crippen LogP contribution in [0.5, 0.6) is 0 Å². The Morgan fingerprint density at radius 1 is 1.00 bits per heavy atom. The minimum Gasteiger partial charge on any atom is -0.352 e. The maximum absolute atomic E-state index is 13.9. The standard InChI is InChI=1S/C25H30ClN3OS/c26-22-16-15-21(31-22)24-28-19-13-7-8-14-20(19)29(24)23(17-9-3-1-4-10-17)25(30)27-18-11-5-2-6-12-18/h7-8,13-18,23H,1-6,9-12H2,(H,27,30)/t23-/m0/s1. The number of rotatable bonds is 5. The normalized spacial score (nSPS) is 19.5. The van der Waals surface area contributed by atoms with Crippen LogP contribution in [0.3, 0.4) is 0 Å². The largest absolute Gasteiger partial charge is 0.352 e. The summed E-state index contributed by atoms with van der Waals surface area (Å²) < 4.78 is 2.97. The van der Waals surface area contributed by atoms with Crippen molar-refractivity contribution >= 4 is 39.9 Å². The molecular weight excluding hydrogens is 426 g/mol. The molecule has 0 aliphatic heterocycles. The Hall–Kier alpha value is -1.85. The van der Waals surface area contributed by atoms with Crippen molar-refractivity contribution in [3.63, 3.8) is 0 Å². The van der Waals surface area contributed by atoms with Crippen molar-refractivity contribution in [2.75, 3.05) is 0 Å². The number of imidazole rings is 1. The molecular formula is C25H30ClN3OS. The predicted octanol–water partition coefficient (Wildman–Crippen LogP) is 6.99. The molecule has 2 heterocycles. The third-order valence-corrected chi connectivity index (χ3v) is 8.21. The first kappa shape index (κ1) is 21.0. The van der Waals surface area contributed by atoms with E-state index in [0.717, 1.165) is 51.8 Å². The number of benzene rings is 1. The summed E-state index contributed by atoms with van der Waals surface area (Å²) in [5.74, 6) is 1.38. The number of thiophene rings is 1. The van der Waals surface area contributed by atoms with Gasteiger partial charge in [0.1, 0.15) is 6.04 Å². The number of para-hydroxylation sites is 2. The molecule has 31 heavy (non-hydrogen) atoms. The monoisotopic (exact) mass is 455 g/mol. The summed E-state index contributed by atoms with van der Waals surface area (Å²) in [5.41, 5.74) is 1.98. The second-order valence-corrected chi connectivity index (χ2v) is 10.8. The molecule has 1 N–H and O–H groups in total. The lowest BCUT2D eigenvalue weighted by Crippen LogP contribution is -2.43. The van der Waals surface area contributed by atoms with Crippen LogP contribution in [-0.2, 0) is 4.79 Å². The summed E-state index contributed by atoms with van der Waals surface area (Å²) in [6.45, 7) is 0. The number of hydrogen-bond acceptors (Lipinski definition) is 3. The highest BCUT2D eigenvalue weighted by molar-refractivity contribution is 7.19. The van der Waals surface area contributed by atoms with Crippen LogP contribution in [0.4, 0.5) is 0 Å². The quantitative estimate of drug-likeness (QED) is 0.450. The molecule has 0 unspecified atom stereocenters. The maximum atomic E-state index is 13.9. The molecule has 0 radical (unpaired) electrons. The Morgan fingerprint density at radius 3 is 2.42 bits per heavy atom. The molecule has 0 saturated heterocycles. The van der Waals surface area contributed by atoms with Crippen molar-refractivity contribution in [3.8, 4) is 10.7 Å². The van der Waals surface area contributed by atoms with E-state index in [0.29, 0.717) is 12.0 Å². The lowest BCUT2D eigenvalue weighted by atomic mass is 9.82. The van der Waals surface area contributed by atoms with E-state index in [1.54, 1.807) is 0 Å². The molecule has 5 rings (SSSR count). The Morgan fingerprint density at radius 2 is 1.71 bits per heavy atom. The second kappa shape index (κ2) is 9.33. The summed E-state index contributed by atoms with van der Waals surface area (Å²) in [5, 5.41) is 3.44. The maximum Gasteiger partial charge on any atom is 0.243 e. The zero-order chi connectivity index (χ0) is 21.2. The van der Waals surface area contributed by atoms with Crippen molar-refractivity contribution in [1.29, 1.82) is 0 Å². The number of fused-ring (bicyclic) bond motifs is 1. The molecule has 2 aliphatic carbocycles. The third-order valence-electron chi connectivity index (χ3n) is 6.98. The Labute approximate surface area is 193 Å². The van der Waals surface area contributed by atoms with Crippen LogP contribution in [0.2, 0.25) is 4.34 Å². The molecule has 2 saturated carbocycles. The fourth-order valence-corrected chi connectivity index (χ4v) is 6.49. The number of hydrogen-bond donors (Lipinski definition) is 1. The third kappa shape index (κ3) is 4.40. The van der Waals surface area contributed by atoms with Crippen molar-refractivity contribution in [1.82, 2.24) is 14.9 Å². The predicted molar refractivity (Wildman–Crippen MR) is 129 cm³/mol. The first-order valence-electron chi connectivity index (χ1n) is 11.7. The molecule has 2 fully saturated rings. The summed E-state index contributed by atoms with van der Waals surface area (Å²) >= 11 is 7.82. The Kier molecular flexibility index (Phi) is 6.33. The van der Waals surface area contributed by atoms with E-state index >= 15 is 0 Å². The zero-order valence-electron chi connectivity index (χ0n) is 17.9. The first-order chi connectivity index (χ1) is 15.2. The minimum absolute atomic E-state index is 0.172. The van der Waals surface area contributed by atoms with Crippen molar-refractivity contribution in [3.05, 3.63) is 40.7 Å². The van der Waals surface area contributed by atoms with E-state index in [1.165, 1.54) is 49.9 Å². The van der Waals surface area contributed by atoms with Gasteiger partial charge in [-0.15, -0.1) is 11.3 Å². The molecule has 0 bridgehead atoms. The van der Waals surface area contributed by atoms with Crippen LogP contribution in [0, 0.1) is 5.92 Å². The molecule has 1 atom stereocenters. The fraction of sp³-hybridized carbons (Fsp3) is 0.520. The number of halogens is 1. The van der Waals surface area contributed by atoms with E-state index < -0.39 is 0 Å². The molecule has 2 aromatic heterocycles. The van der Waals surface area contributed by atoms with Crippen LogP contribution >= 0.6 is 22.9 Å². The summed E-state index contributed by atoms with van der Waals surface area (Å²) in [6.07, 6.45) is 11.8. The highest BCUT2D eigenvalue weighted by Gasteiger charge is 2.35. The van der Waals surface area contributed by atoms with Crippen LogP contribution in [0.25, 0.3) is 21.7 Å². The van der Waals surface area contributed by atoms with E-state index in [2.05, 4.69) is 16.0 Å². The van der Waals surface area contributed by atoms with Gasteiger partial charge in [0, 0.05) is 6.04 Å². The molecule has 2 aliphatic rings. The molecule has 164 valence electrons. The van der Waals surface area contributed by atoms with Gasteiger partial charge in [-0.3, -0.25) is 4.79 Å². The highest BCUT2D eigenvalue weighted by Crippen LogP contribution is 2.40. The van der Waals surface area contributed by atoms with Crippen LogP contribution < -0.4 is 5.32 Å². The van der Waals surface area contributed by atoms with Crippen LogP contribution in [0.1, 0.15) is 70.3 Å². The number of amides is 1. The number of carbonyl (C=O) groups excluding carboxylic acids is 1. The summed E-state index contributed by atoms with van der Waals surface area (Å²) in [4.78, 5) is 19.9. The van der Waals surface area contributed by atoms with E-state index in [9.17, 15) is 4.79 Å². The van der Waals surface area contributed by atoms with Crippen molar-refractivity contribution in [2.24, 2.45) is 5.92 Å². The Balaban J connectivity index is 1.60. The molecule has 4 nitrogen and oxygen atoms in total. The van der Waals surface area contributed by atoms with Gasteiger partial charge < -0.3 is 9.88 Å². The van der Waals surface area contributed by atoms with Crippen molar-refractivity contribution < 1.29 is 4.79 Å². The zero-order valence-corrected chi connectivity index (χ0v) is 19.4. The van der Waals surface area contributed by atoms with Crippen LogP contribution in [0.15, 0.2) is 36.4 Å². The van der Waals surface area contributed by atoms with Gasteiger partial charge in [-0.05, 0) is 55.9 Å². The molecule has 3 aromatic rings.